The quantitative estimate of drug-likeness (QED) is 0.712. The lowest BCUT2D eigenvalue weighted by Gasteiger charge is -2.16. The van der Waals surface area contributed by atoms with Crippen molar-refractivity contribution in [2.45, 2.75) is 26.5 Å². The van der Waals surface area contributed by atoms with Crippen LogP contribution in [0.25, 0.3) is 0 Å². The molecule has 7 heteroatoms. The zero-order valence-electron chi connectivity index (χ0n) is 14.8. The predicted molar refractivity (Wildman–Crippen MR) is 103 cm³/mol. The Hall–Kier alpha value is -2.11. The van der Waals surface area contributed by atoms with E-state index in [0.29, 0.717) is 40.4 Å². The number of hydrogen-bond acceptors (Lipinski definition) is 4. The number of ether oxygens (including phenoxy) is 3. The Morgan fingerprint density at radius 3 is 2.50 bits per heavy atom. The molecule has 1 amide bonds. The summed E-state index contributed by atoms with van der Waals surface area (Å²) in [4.78, 5) is 12.3. The lowest BCUT2D eigenvalue weighted by atomic mass is 10.2. The lowest BCUT2D eigenvalue weighted by molar-refractivity contribution is -0.127. The first-order chi connectivity index (χ1) is 12.4. The van der Waals surface area contributed by atoms with Gasteiger partial charge in [-0.2, -0.15) is 0 Å². The highest BCUT2D eigenvalue weighted by Crippen LogP contribution is 2.29. The molecular formula is C19H21Cl2NO4. The largest absolute Gasteiger partial charge is 0.493 e. The number of hydrogen-bond donors (Lipinski definition) is 1. The molecule has 0 aliphatic carbocycles. The van der Waals surface area contributed by atoms with E-state index in [1.54, 1.807) is 32.2 Å². The molecule has 2 aromatic carbocycles. The fraction of sp³-hybridized carbons (Fsp3) is 0.316. The summed E-state index contributed by atoms with van der Waals surface area (Å²) in [6, 6.07) is 10.4. The van der Waals surface area contributed by atoms with Crippen molar-refractivity contribution in [2.75, 3.05) is 13.7 Å². The zero-order chi connectivity index (χ0) is 19.1. The van der Waals surface area contributed by atoms with Gasteiger partial charge in [-0.05, 0) is 49.7 Å². The summed E-state index contributed by atoms with van der Waals surface area (Å²) in [5, 5.41) is 3.68. The topological polar surface area (TPSA) is 56.8 Å². The van der Waals surface area contributed by atoms with Crippen LogP contribution in [0.15, 0.2) is 36.4 Å². The van der Waals surface area contributed by atoms with Gasteiger partial charge in [-0.1, -0.05) is 29.3 Å². The highest BCUT2D eigenvalue weighted by Gasteiger charge is 2.16. The molecule has 0 aliphatic rings. The number of halogens is 2. The van der Waals surface area contributed by atoms with Crippen molar-refractivity contribution in [2.24, 2.45) is 0 Å². The second kappa shape index (κ2) is 9.55. The Kier molecular flexibility index (Phi) is 7.42. The summed E-state index contributed by atoms with van der Waals surface area (Å²) >= 11 is 11.9. The summed E-state index contributed by atoms with van der Waals surface area (Å²) < 4.78 is 16.4. The van der Waals surface area contributed by atoms with Gasteiger partial charge in [-0.15, -0.1) is 0 Å². The maximum Gasteiger partial charge on any atom is 0.261 e. The molecule has 0 spiro atoms. The number of rotatable bonds is 8. The SMILES string of the molecule is CCOc1ccc(CNC(=O)C(C)Oc2ccc(Cl)cc2Cl)cc1OC. The van der Waals surface area contributed by atoms with Crippen LogP contribution in [0.4, 0.5) is 0 Å². The molecule has 0 aliphatic heterocycles. The summed E-state index contributed by atoms with van der Waals surface area (Å²) in [5.41, 5.74) is 0.885. The molecule has 5 nitrogen and oxygen atoms in total. The van der Waals surface area contributed by atoms with E-state index in [1.807, 2.05) is 25.1 Å². The van der Waals surface area contributed by atoms with Gasteiger partial charge in [0.2, 0.25) is 0 Å². The summed E-state index contributed by atoms with van der Waals surface area (Å²) in [7, 11) is 1.58. The molecule has 0 fully saturated rings. The second-order valence-corrected chi connectivity index (χ2v) is 6.31. The summed E-state index contributed by atoms with van der Waals surface area (Å²) in [6.45, 7) is 4.44. The van der Waals surface area contributed by atoms with Crippen LogP contribution in [0.2, 0.25) is 10.0 Å². The fourth-order valence-electron chi connectivity index (χ4n) is 2.24. The average molecular weight is 398 g/mol. The number of methoxy groups -OCH3 is 1. The van der Waals surface area contributed by atoms with Crippen molar-refractivity contribution in [3.8, 4) is 17.2 Å². The molecular weight excluding hydrogens is 377 g/mol. The molecule has 2 rings (SSSR count). The first-order valence-corrected chi connectivity index (χ1v) is 8.89. The monoisotopic (exact) mass is 397 g/mol. The van der Waals surface area contributed by atoms with Gasteiger partial charge in [-0.25, -0.2) is 0 Å². The van der Waals surface area contributed by atoms with Gasteiger partial charge in [0.1, 0.15) is 5.75 Å². The highest BCUT2D eigenvalue weighted by molar-refractivity contribution is 6.35. The van der Waals surface area contributed by atoms with Crippen molar-refractivity contribution < 1.29 is 19.0 Å². The minimum atomic E-state index is -0.710. The molecule has 140 valence electrons. The molecule has 0 aromatic heterocycles. The van der Waals surface area contributed by atoms with E-state index in [1.165, 1.54) is 0 Å². The molecule has 1 atom stereocenters. The number of benzene rings is 2. The van der Waals surface area contributed by atoms with Crippen molar-refractivity contribution in [1.29, 1.82) is 0 Å². The van der Waals surface area contributed by atoms with Crippen LogP contribution in [0, 0.1) is 0 Å². The maximum absolute atomic E-state index is 12.3. The maximum atomic E-state index is 12.3. The smallest absolute Gasteiger partial charge is 0.261 e. The molecule has 1 unspecified atom stereocenters. The number of carbonyl (C=O) groups excluding carboxylic acids is 1. The third-order valence-corrected chi connectivity index (χ3v) is 4.09. The molecule has 1 N–H and O–H groups in total. The van der Waals surface area contributed by atoms with Gasteiger partial charge in [0.15, 0.2) is 17.6 Å². The van der Waals surface area contributed by atoms with Crippen molar-refractivity contribution in [3.63, 3.8) is 0 Å². The van der Waals surface area contributed by atoms with Crippen molar-refractivity contribution in [3.05, 3.63) is 52.0 Å². The van der Waals surface area contributed by atoms with Crippen molar-refractivity contribution >= 4 is 29.1 Å². The van der Waals surface area contributed by atoms with E-state index in [0.717, 1.165) is 5.56 Å². The van der Waals surface area contributed by atoms with Gasteiger partial charge in [0, 0.05) is 11.6 Å². The van der Waals surface area contributed by atoms with E-state index < -0.39 is 6.10 Å². The Labute approximate surface area is 163 Å². The molecule has 0 bridgehead atoms. The minimum absolute atomic E-state index is 0.260. The van der Waals surface area contributed by atoms with E-state index in [-0.39, 0.29) is 5.91 Å². The summed E-state index contributed by atoms with van der Waals surface area (Å²) in [5.74, 6) is 1.43. The van der Waals surface area contributed by atoms with E-state index in [2.05, 4.69) is 5.32 Å². The van der Waals surface area contributed by atoms with Gasteiger partial charge < -0.3 is 19.5 Å². The average Bonchev–Trinajstić information content (AvgIpc) is 2.63. The molecule has 0 radical (unpaired) electrons. The highest BCUT2D eigenvalue weighted by atomic mass is 35.5. The van der Waals surface area contributed by atoms with Gasteiger partial charge in [0.25, 0.3) is 5.91 Å². The van der Waals surface area contributed by atoms with Gasteiger partial charge in [-0.3, -0.25) is 4.79 Å². The van der Waals surface area contributed by atoms with E-state index in [9.17, 15) is 4.79 Å². The van der Waals surface area contributed by atoms with Crippen LogP contribution in [0.5, 0.6) is 17.2 Å². The number of amides is 1. The van der Waals surface area contributed by atoms with E-state index in [4.69, 9.17) is 37.4 Å². The third kappa shape index (κ3) is 5.44. The zero-order valence-corrected chi connectivity index (χ0v) is 16.4. The molecule has 0 saturated heterocycles. The van der Waals surface area contributed by atoms with Gasteiger partial charge in [0.05, 0.1) is 18.7 Å². The second-order valence-electron chi connectivity index (χ2n) is 5.47. The minimum Gasteiger partial charge on any atom is -0.493 e. The van der Waals surface area contributed by atoms with Gasteiger partial charge >= 0.3 is 0 Å². The van der Waals surface area contributed by atoms with Crippen LogP contribution >= 0.6 is 23.2 Å². The Bertz CT molecular complexity index is 767. The predicted octanol–water partition coefficient (Wildman–Crippen LogP) is 4.48. The standard InChI is InChI=1S/C19H21Cl2NO4/c1-4-25-17-7-5-13(9-18(17)24-3)11-22-19(23)12(2)26-16-8-6-14(20)10-15(16)21/h5-10,12H,4,11H2,1-3H3,(H,22,23). The van der Waals surface area contributed by atoms with E-state index >= 15 is 0 Å². The van der Waals surface area contributed by atoms with Crippen LogP contribution in [0.1, 0.15) is 19.4 Å². The first-order valence-electron chi connectivity index (χ1n) is 8.13. The third-order valence-electron chi connectivity index (χ3n) is 3.56. The number of nitrogens with one attached hydrogen (secondary N) is 1. The van der Waals surface area contributed by atoms with Crippen LogP contribution in [0.3, 0.4) is 0 Å². The fourth-order valence-corrected chi connectivity index (χ4v) is 2.70. The van der Waals surface area contributed by atoms with Crippen molar-refractivity contribution in [1.82, 2.24) is 5.32 Å². The molecule has 26 heavy (non-hydrogen) atoms. The Balaban J connectivity index is 1.95. The first kappa shape index (κ1) is 20.2. The molecule has 0 heterocycles. The lowest BCUT2D eigenvalue weighted by Crippen LogP contribution is -2.35. The molecule has 0 saturated carbocycles. The summed E-state index contributed by atoms with van der Waals surface area (Å²) in [6.07, 6.45) is -0.710. The number of carbonyl (C=O) groups is 1. The Morgan fingerprint density at radius 2 is 1.85 bits per heavy atom. The van der Waals surface area contributed by atoms with Crippen LogP contribution < -0.4 is 19.5 Å². The normalized spacial score (nSPS) is 11.6. The molecule has 2 aromatic rings. The Morgan fingerprint density at radius 1 is 1.12 bits per heavy atom. The van der Waals surface area contributed by atoms with Crippen LogP contribution in [-0.4, -0.2) is 25.7 Å². The van der Waals surface area contributed by atoms with Crippen LogP contribution in [-0.2, 0) is 11.3 Å².